The van der Waals surface area contributed by atoms with Gasteiger partial charge in [-0.3, -0.25) is 0 Å². The largest absolute Gasteiger partial charge is 0.158 e. The molecule has 73 valence electrons. The highest BCUT2D eigenvalue weighted by molar-refractivity contribution is 5.67. The molecule has 0 saturated heterocycles. The Morgan fingerprint density at radius 1 is 1.13 bits per heavy atom. The third-order valence-electron chi connectivity index (χ3n) is 2.89. The Morgan fingerprint density at radius 3 is 3.07 bits per heavy atom. The summed E-state index contributed by atoms with van der Waals surface area (Å²) in [5.41, 5.74) is 4.83. The van der Waals surface area contributed by atoms with Gasteiger partial charge in [-0.25, -0.2) is 0 Å². The Hall–Kier alpha value is -1.70. The normalized spacial score (nSPS) is 13.9. The molecule has 2 nitrogen and oxygen atoms in total. The average molecular weight is 195 g/mol. The Labute approximate surface area is 89.0 Å². The van der Waals surface area contributed by atoms with Gasteiger partial charge in [0, 0.05) is 11.6 Å². The monoisotopic (exact) mass is 195 g/mol. The number of benzene rings is 1. The quantitative estimate of drug-likeness (QED) is 0.645. The van der Waals surface area contributed by atoms with Crippen LogP contribution in [-0.2, 0) is 12.8 Å². The van der Waals surface area contributed by atoms with E-state index in [1.54, 1.807) is 6.20 Å². The number of aryl methyl sites for hydroxylation is 2. The Balaban J connectivity index is 2.27. The minimum atomic E-state index is 1.02. The van der Waals surface area contributed by atoms with E-state index in [1.165, 1.54) is 23.1 Å². The molecule has 0 amide bonds. The lowest BCUT2D eigenvalue weighted by Crippen LogP contribution is -1.93. The summed E-state index contributed by atoms with van der Waals surface area (Å²) < 4.78 is 0. The number of aromatic nitrogens is 2. The van der Waals surface area contributed by atoms with Gasteiger partial charge in [0.1, 0.15) is 0 Å². The first-order chi connectivity index (χ1) is 7.45. The average Bonchev–Trinajstić information content (AvgIpc) is 2.48. The van der Waals surface area contributed by atoms with Crippen molar-refractivity contribution in [3.8, 4) is 11.3 Å². The van der Waals surface area contributed by atoms with Gasteiger partial charge < -0.3 is 0 Å². The number of hydrogen-bond acceptors (Lipinski definition) is 2. The fourth-order valence-electron chi connectivity index (χ4n) is 2.15. The van der Waals surface area contributed by atoms with Gasteiger partial charge in [0.05, 0.1) is 11.9 Å². The van der Waals surface area contributed by atoms with Gasteiger partial charge in [-0.2, -0.15) is 10.2 Å². The molecule has 0 unspecified atom stereocenters. The number of fused-ring (bicyclic) bond motifs is 3. The molecule has 0 saturated carbocycles. The molecule has 2 heteroatoms. The molecule has 0 bridgehead atoms. The molecule has 1 radical (unpaired) electrons. The van der Waals surface area contributed by atoms with Crippen LogP contribution in [0, 0.1) is 6.07 Å². The number of hydrogen-bond donors (Lipinski definition) is 0. The van der Waals surface area contributed by atoms with E-state index in [1.807, 2.05) is 0 Å². The molecule has 3 rings (SSSR count). The van der Waals surface area contributed by atoms with E-state index < -0.39 is 0 Å². The molecule has 15 heavy (non-hydrogen) atoms. The van der Waals surface area contributed by atoms with E-state index in [2.05, 4.69) is 40.5 Å². The van der Waals surface area contributed by atoms with Gasteiger partial charge in [-0.05, 0) is 30.4 Å². The second kappa shape index (κ2) is 3.46. The predicted octanol–water partition coefficient (Wildman–Crippen LogP) is 2.43. The van der Waals surface area contributed by atoms with Crippen molar-refractivity contribution < 1.29 is 0 Å². The zero-order valence-electron chi connectivity index (χ0n) is 8.40. The van der Waals surface area contributed by atoms with Gasteiger partial charge in [-0.1, -0.05) is 24.3 Å². The summed E-state index contributed by atoms with van der Waals surface area (Å²) in [6.45, 7) is 0. The van der Waals surface area contributed by atoms with Crippen molar-refractivity contribution in [2.75, 3.05) is 0 Å². The molecular weight excluding hydrogens is 184 g/mol. The fourth-order valence-corrected chi connectivity index (χ4v) is 2.15. The molecule has 1 heterocycles. The summed E-state index contributed by atoms with van der Waals surface area (Å²) in [6.07, 6.45) is 5.01. The lowest BCUT2D eigenvalue weighted by Gasteiger charge is -2.05. The molecular formula is C13H11N2. The highest BCUT2D eigenvalue weighted by Crippen LogP contribution is 2.29. The lowest BCUT2D eigenvalue weighted by molar-refractivity contribution is 0.828. The van der Waals surface area contributed by atoms with E-state index in [9.17, 15) is 0 Å². The van der Waals surface area contributed by atoms with Crippen LogP contribution < -0.4 is 0 Å². The van der Waals surface area contributed by atoms with Crippen molar-refractivity contribution in [3.63, 3.8) is 0 Å². The highest BCUT2D eigenvalue weighted by atomic mass is 15.1. The van der Waals surface area contributed by atoms with Crippen LogP contribution in [0.1, 0.15) is 17.5 Å². The topological polar surface area (TPSA) is 25.8 Å². The molecule has 0 spiro atoms. The van der Waals surface area contributed by atoms with Crippen LogP contribution in [0.5, 0.6) is 0 Å². The van der Waals surface area contributed by atoms with Crippen LogP contribution in [0.4, 0.5) is 0 Å². The van der Waals surface area contributed by atoms with Crippen LogP contribution in [-0.4, -0.2) is 10.2 Å². The highest BCUT2D eigenvalue weighted by Gasteiger charge is 2.14. The van der Waals surface area contributed by atoms with Crippen LogP contribution in [0.25, 0.3) is 11.3 Å². The molecule has 0 aliphatic heterocycles. The van der Waals surface area contributed by atoms with Gasteiger partial charge in [0.2, 0.25) is 0 Å². The number of rotatable bonds is 0. The third-order valence-corrected chi connectivity index (χ3v) is 2.89. The van der Waals surface area contributed by atoms with Crippen LogP contribution in [0.15, 0.2) is 30.5 Å². The smallest absolute Gasteiger partial charge is 0.0970 e. The molecule has 0 atom stereocenters. The summed E-state index contributed by atoms with van der Waals surface area (Å²) in [4.78, 5) is 0. The summed E-state index contributed by atoms with van der Waals surface area (Å²) in [6, 6.07) is 11.6. The summed E-state index contributed by atoms with van der Waals surface area (Å²) in [5.74, 6) is 0. The summed E-state index contributed by atoms with van der Waals surface area (Å²) in [5, 5.41) is 8.17. The second-order valence-corrected chi connectivity index (χ2v) is 3.83. The Bertz CT molecular complexity index is 446. The van der Waals surface area contributed by atoms with Gasteiger partial charge >= 0.3 is 0 Å². The van der Waals surface area contributed by atoms with Crippen molar-refractivity contribution >= 4 is 0 Å². The zero-order valence-corrected chi connectivity index (χ0v) is 8.40. The number of nitrogens with zero attached hydrogens (tertiary/aromatic N) is 2. The van der Waals surface area contributed by atoms with E-state index in [-0.39, 0.29) is 0 Å². The van der Waals surface area contributed by atoms with Gasteiger partial charge in [0.15, 0.2) is 0 Å². The Kier molecular flexibility index (Phi) is 1.98. The molecule has 2 aromatic rings. The summed E-state index contributed by atoms with van der Waals surface area (Å²) in [7, 11) is 0. The molecule has 1 aromatic heterocycles. The van der Waals surface area contributed by atoms with E-state index in [0.717, 1.165) is 18.5 Å². The van der Waals surface area contributed by atoms with Crippen molar-refractivity contribution in [3.05, 3.63) is 47.7 Å². The zero-order chi connectivity index (χ0) is 10.1. The first kappa shape index (κ1) is 8.60. The molecule has 1 aliphatic carbocycles. The maximum Gasteiger partial charge on any atom is 0.0970 e. The fraction of sp³-hybridized carbons (Fsp3) is 0.231. The molecule has 0 N–H and O–H groups in total. The van der Waals surface area contributed by atoms with Crippen LogP contribution in [0.2, 0.25) is 0 Å². The van der Waals surface area contributed by atoms with E-state index in [4.69, 9.17) is 0 Å². The van der Waals surface area contributed by atoms with E-state index >= 15 is 0 Å². The summed E-state index contributed by atoms with van der Waals surface area (Å²) >= 11 is 0. The van der Waals surface area contributed by atoms with Crippen molar-refractivity contribution in [1.29, 1.82) is 0 Å². The van der Waals surface area contributed by atoms with Gasteiger partial charge in [-0.15, -0.1) is 0 Å². The minimum Gasteiger partial charge on any atom is -0.158 e. The third kappa shape index (κ3) is 1.42. The molecule has 1 aliphatic rings. The first-order valence-electron chi connectivity index (χ1n) is 5.25. The Morgan fingerprint density at radius 2 is 2.07 bits per heavy atom. The van der Waals surface area contributed by atoms with Crippen molar-refractivity contribution in [2.45, 2.75) is 19.3 Å². The standard InChI is InChI=1S/C13H11N2/c1-2-7-12-10(4-1)5-3-6-11-8-9-14-15-13(11)12/h1-2,4,7,9H,3,5-6H2. The lowest BCUT2D eigenvalue weighted by atomic mass is 10.0. The maximum absolute atomic E-state index is 4.24. The second-order valence-electron chi connectivity index (χ2n) is 3.83. The van der Waals surface area contributed by atoms with Crippen LogP contribution in [0.3, 0.4) is 0 Å². The minimum absolute atomic E-state index is 1.02. The van der Waals surface area contributed by atoms with Crippen molar-refractivity contribution in [1.82, 2.24) is 10.2 Å². The molecule has 1 aromatic carbocycles. The van der Waals surface area contributed by atoms with Crippen LogP contribution >= 0.6 is 0 Å². The van der Waals surface area contributed by atoms with Crippen molar-refractivity contribution in [2.24, 2.45) is 0 Å². The SMILES string of the molecule is [c]1cnnc2c1CCCc1ccccc1-2. The maximum atomic E-state index is 4.24. The van der Waals surface area contributed by atoms with E-state index in [0.29, 0.717) is 0 Å². The predicted molar refractivity (Wildman–Crippen MR) is 58.3 cm³/mol. The first-order valence-corrected chi connectivity index (χ1v) is 5.25. The molecule has 0 fully saturated rings. The van der Waals surface area contributed by atoms with Gasteiger partial charge in [0.25, 0.3) is 0 Å².